The molecule has 0 bridgehead atoms. The number of imidazole rings is 1. The van der Waals surface area contributed by atoms with Gasteiger partial charge in [0.1, 0.15) is 5.75 Å². The molecule has 4 rings (SSSR count). The third-order valence-electron chi connectivity index (χ3n) is 6.60. The fraction of sp³-hybridized carbons (Fsp3) is 0.300. The molecule has 8 heteroatoms. The molecule has 0 aliphatic carbocycles. The molecule has 2 N–H and O–H groups in total. The Kier molecular flexibility index (Phi) is 8.99. The minimum atomic E-state index is -0.417. The number of carbonyl (C=O) groups is 2. The number of hydrogen-bond donors (Lipinski definition) is 2. The number of aromatic nitrogens is 2. The molecule has 0 fully saturated rings. The number of para-hydroxylation sites is 2. The van der Waals surface area contributed by atoms with Gasteiger partial charge < -0.3 is 19.0 Å². The van der Waals surface area contributed by atoms with Gasteiger partial charge in [-0.25, -0.2) is 0 Å². The van der Waals surface area contributed by atoms with Crippen LogP contribution in [0.4, 0.5) is 0 Å². The van der Waals surface area contributed by atoms with E-state index in [4.69, 9.17) is 10.1 Å². The number of hydrogen-bond acceptors (Lipinski definition) is 5. The monoisotopic (exact) mass is 579 g/mol. The van der Waals surface area contributed by atoms with Crippen LogP contribution in [0, 0.1) is 5.41 Å². The summed E-state index contributed by atoms with van der Waals surface area (Å²) in [6.07, 6.45) is 0.361. The molecular formula is C30H34BrN3O4. The zero-order valence-corrected chi connectivity index (χ0v) is 23.9. The van der Waals surface area contributed by atoms with E-state index in [1.165, 1.54) is 7.11 Å². The van der Waals surface area contributed by atoms with Gasteiger partial charge in [-0.2, -0.15) is 0 Å². The Labute approximate surface area is 233 Å². The summed E-state index contributed by atoms with van der Waals surface area (Å²) < 4.78 is 8.37. The highest BCUT2D eigenvalue weighted by Crippen LogP contribution is 2.35. The summed E-state index contributed by atoms with van der Waals surface area (Å²) in [6, 6.07) is 21.0. The van der Waals surface area contributed by atoms with Crippen LogP contribution in [0.1, 0.15) is 54.2 Å². The molecule has 1 heterocycles. The summed E-state index contributed by atoms with van der Waals surface area (Å²) in [5, 5.41) is 19.8. The first kappa shape index (κ1) is 28.9. The number of phenolic OH excluding ortho intramolecular Hbond substituents is 1. The van der Waals surface area contributed by atoms with E-state index in [-0.39, 0.29) is 59.5 Å². The fourth-order valence-corrected chi connectivity index (χ4v) is 4.57. The van der Waals surface area contributed by atoms with Gasteiger partial charge in [0.2, 0.25) is 5.62 Å². The highest BCUT2D eigenvalue weighted by molar-refractivity contribution is 8.93. The number of esters is 1. The maximum atomic E-state index is 13.6. The second-order valence-corrected chi connectivity index (χ2v) is 10.3. The average molecular weight is 581 g/mol. The Morgan fingerprint density at radius 3 is 2.16 bits per heavy atom. The van der Waals surface area contributed by atoms with Gasteiger partial charge in [0, 0.05) is 17.5 Å². The number of ketones is 1. The lowest BCUT2D eigenvalue weighted by atomic mass is 9.83. The van der Waals surface area contributed by atoms with Crippen molar-refractivity contribution in [1.82, 2.24) is 9.13 Å². The number of aryl methyl sites for hydroxylation is 1. The molecule has 38 heavy (non-hydrogen) atoms. The van der Waals surface area contributed by atoms with E-state index >= 15 is 0 Å². The molecular weight excluding hydrogens is 546 g/mol. The number of aromatic hydroxyl groups is 1. The molecule has 0 spiro atoms. The van der Waals surface area contributed by atoms with E-state index in [9.17, 15) is 14.7 Å². The van der Waals surface area contributed by atoms with Crippen LogP contribution in [-0.4, -0.2) is 33.1 Å². The van der Waals surface area contributed by atoms with Crippen molar-refractivity contribution in [1.29, 1.82) is 5.41 Å². The smallest absolute Gasteiger partial charge is 0.305 e. The largest absolute Gasteiger partial charge is 0.507 e. The van der Waals surface area contributed by atoms with Crippen LogP contribution in [0.2, 0.25) is 0 Å². The number of nitrogens with one attached hydrogen (secondary N) is 1. The topological polar surface area (TPSA) is 97.3 Å². The molecule has 0 aliphatic rings. The Bertz CT molecular complexity index is 1510. The second-order valence-electron chi connectivity index (χ2n) is 10.3. The third-order valence-corrected chi connectivity index (χ3v) is 6.60. The standard InChI is InChI=1S/C30H33N3O4.BrH/c1-30(2,3)23-17-22(16-21(28(23)36)14-15-27(35)37-4)26(34)19-33-25-13-9-8-12-24(25)32(29(33)31)18-20-10-6-5-7-11-20;/h5-13,16-17,31,36H,14-15,18-19H2,1-4H3;1H. The van der Waals surface area contributed by atoms with Gasteiger partial charge in [-0.3, -0.25) is 15.0 Å². The lowest BCUT2D eigenvalue weighted by Gasteiger charge is -2.23. The van der Waals surface area contributed by atoms with Gasteiger partial charge in [-0.1, -0.05) is 63.2 Å². The fourth-order valence-electron chi connectivity index (χ4n) is 4.57. The van der Waals surface area contributed by atoms with E-state index in [2.05, 4.69) is 0 Å². The summed E-state index contributed by atoms with van der Waals surface area (Å²) in [7, 11) is 1.33. The normalized spacial score (nSPS) is 11.3. The Balaban J connectivity index is 0.00000400. The number of fused-ring (bicyclic) bond motifs is 1. The maximum absolute atomic E-state index is 13.6. The number of phenols is 1. The lowest BCUT2D eigenvalue weighted by molar-refractivity contribution is -0.140. The molecule has 0 saturated heterocycles. The number of rotatable bonds is 8. The van der Waals surface area contributed by atoms with E-state index in [0.717, 1.165) is 16.6 Å². The van der Waals surface area contributed by atoms with E-state index in [0.29, 0.717) is 23.2 Å². The Morgan fingerprint density at radius 1 is 0.947 bits per heavy atom. The maximum Gasteiger partial charge on any atom is 0.305 e. The molecule has 4 aromatic rings. The number of benzene rings is 3. The lowest BCUT2D eigenvalue weighted by Crippen LogP contribution is -2.28. The molecule has 0 unspecified atom stereocenters. The Hall–Kier alpha value is -3.65. The predicted molar refractivity (Wildman–Crippen MR) is 153 cm³/mol. The number of ether oxygens (including phenoxy) is 1. The van der Waals surface area contributed by atoms with E-state index in [1.54, 1.807) is 16.7 Å². The van der Waals surface area contributed by atoms with Crippen molar-refractivity contribution in [2.45, 2.75) is 52.1 Å². The zero-order chi connectivity index (χ0) is 26.7. The summed E-state index contributed by atoms with van der Waals surface area (Å²) >= 11 is 0. The highest BCUT2D eigenvalue weighted by atomic mass is 79.9. The first-order chi connectivity index (χ1) is 17.6. The number of carbonyl (C=O) groups excluding carboxylic acids is 2. The number of halogens is 1. The average Bonchev–Trinajstić information content (AvgIpc) is 3.13. The second kappa shape index (κ2) is 11.8. The van der Waals surface area contributed by atoms with Crippen molar-refractivity contribution in [3.63, 3.8) is 0 Å². The van der Waals surface area contributed by atoms with Crippen molar-refractivity contribution in [3.05, 3.63) is 94.6 Å². The van der Waals surface area contributed by atoms with Crippen LogP contribution in [0.5, 0.6) is 5.75 Å². The van der Waals surface area contributed by atoms with Crippen LogP contribution in [0.25, 0.3) is 11.0 Å². The van der Waals surface area contributed by atoms with Gasteiger partial charge in [0.25, 0.3) is 0 Å². The summed E-state index contributed by atoms with van der Waals surface area (Å²) in [5.74, 6) is -0.457. The summed E-state index contributed by atoms with van der Waals surface area (Å²) in [5.41, 5.74) is 4.18. The van der Waals surface area contributed by atoms with Crippen molar-refractivity contribution >= 4 is 39.8 Å². The molecule has 7 nitrogen and oxygen atoms in total. The quantitative estimate of drug-likeness (QED) is 0.211. The van der Waals surface area contributed by atoms with Gasteiger partial charge in [0.15, 0.2) is 5.78 Å². The van der Waals surface area contributed by atoms with Crippen molar-refractivity contribution in [2.75, 3.05) is 7.11 Å². The zero-order valence-electron chi connectivity index (χ0n) is 22.2. The first-order valence-corrected chi connectivity index (χ1v) is 12.3. The minimum Gasteiger partial charge on any atom is -0.507 e. The number of Topliss-reactive ketones (excluding diaryl/α,β-unsaturated/α-hetero) is 1. The van der Waals surface area contributed by atoms with Gasteiger partial charge >= 0.3 is 5.97 Å². The highest BCUT2D eigenvalue weighted by Gasteiger charge is 2.24. The molecule has 0 atom stereocenters. The van der Waals surface area contributed by atoms with Crippen LogP contribution >= 0.6 is 17.0 Å². The minimum absolute atomic E-state index is 0. The molecule has 3 aromatic carbocycles. The number of nitrogens with zero attached hydrogens (tertiary/aromatic N) is 2. The van der Waals surface area contributed by atoms with Gasteiger partial charge in [-0.05, 0) is 47.2 Å². The van der Waals surface area contributed by atoms with Crippen molar-refractivity contribution in [2.24, 2.45) is 0 Å². The van der Waals surface area contributed by atoms with E-state index in [1.807, 2.05) is 79.9 Å². The SMILES string of the molecule is Br.COC(=O)CCc1cc(C(=O)Cn2c(=N)n(Cc3ccccc3)c3ccccc32)cc(C(C)(C)C)c1O. The van der Waals surface area contributed by atoms with Crippen molar-refractivity contribution < 1.29 is 19.4 Å². The van der Waals surface area contributed by atoms with Gasteiger partial charge in [0.05, 0.1) is 31.2 Å². The number of methoxy groups -OCH3 is 1. The van der Waals surface area contributed by atoms with Crippen LogP contribution < -0.4 is 5.62 Å². The van der Waals surface area contributed by atoms with Gasteiger partial charge in [-0.15, -0.1) is 17.0 Å². The molecule has 1 aromatic heterocycles. The molecule has 0 amide bonds. The van der Waals surface area contributed by atoms with E-state index < -0.39 is 5.41 Å². The Morgan fingerprint density at radius 2 is 1.55 bits per heavy atom. The summed E-state index contributed by atoms with van der Waals surface area (Å²) in [4.78, 5) is 25.4. The summed E-state index contributed by atoms with van der Waals surface area (Å²) in [6.45, 7) is 6.40. The first-order valence-electron chi connectivity index (χ1n) is 12.3. The molecule has 0 saturated carbocycles. The molecule has 0 radical (unpaired) electrons. The third kappa shape index (κ3) is 6.07. The van der Waals surface area contributed by atoms with Crippen LogP contribution in [0.15, 0.2) is 66.7 Å². The van der Waals surface area contributed by atoms with Crippen LogP contribution in [-0.2, 0) is 34.5 Å². The molecule has 200 valence electrons. The predicted octanol–water partition coefficient (Wildman–Crippen LogP) is 5.54. The van der Waals surface area contributed by atoms with Crippen LogP contribution in [0.3, 0.4) is 0 Å². The molecule has 0 aliphatic heterocycles. The van der Waals surface area contributed by atoms with Crippen molar-refractivity contribution in [3.8, 4) is 5.75 Å².